The van der Waals surface area contributed by atoms with Gasteiger partial charge in [-0.2, -0.15) is 8.42 Å². The van der Waals surface area contributed by atoms with Gasteiger partial charge in [0.05, 0.1) is 17.5 Å². The van der Waals surface area contributed by atoms with E-state index in [-0.39, 0.29) is 34.5 Å². The second kappa shape index (κ2) is 8.99. The van der Waals surface area contributed by atoms with Gasteiger partial charge in [-0.05, 0) is 116 Å². The normalized spacial score (nSPS) is 50.7. The largest absolute Gasteiger partial charge is 0.393 e. The van der Waals surface area contributed by atoms with E-state index in [1.807, 2.05) is 6.92 Å². The summed E-state index contributed by atoms with van der Waals surface area (Å²) in [6, 6.07) is 0. The molecule has 0 heterocycles. The molecule has 12 atom stereocenters. The molecule has 0 aromatic carbocycles. The molecule has 0 aromatic heterocycles. The van der Waals surface area contributed by atoms with Crippen molar-refractivity contribution in [3.05, 3.63) is 0 Å². The lowest BCUT2D eigenvalue weighted by Crippen LogP contribution is -2.66. The molecule has 3 unspecified atom stereocenters. The Balaban J connectivity index is 1.62. The second-order valence-corrected chi connectivity index (χ2v) is 15.3. The molecule has 0 bridgehead atoms. The molecule has 4 aliphatic carbocycles. The van der Waals surface area contributed by atoms with Gasteiger partial charge in [0.1, 0.15) is 0 Å². The molecule has 4 aliphatic rings. The van der Waals surface area contributed by atoms with Gasteiger partial charge < -0.3 is 10.2 Å². The number of hydrogen-bond donors (Lipinski definition) is 3. The van der Waals surface area contributed by atoms with Crippen molar-refractivity contribution in [2.45, 2.75) is 111 Å². The first-order valence-electron chi connectivity index (χ1n) is 14.0. The summed E-state index contributed by atoms with van der Waals surface area (Å²) in [4.78, 5) is 0. The lowest BCUT2D eigenvalue weighted by atomic mass is 9.38. The summed E-state index contributed by atoms with van der Waals surface area (Å²) in [5.74, 6) is 2.61. The van der Waals surface area contributed by atoms with Crippen LogP contribution in [-0.2, 0) is 10.1 Å². The molecule has 3 N–H and O–H groups in total. The van der Waals surface area contributed by atoms with Gasteiger partial charge in [-0.15, -0.1) is 0 Å². The summed E-state index contributed by atoms with van der Waals surface area (Å²) in [6.45, 7) is 13.5. The fraction of sp³-hybridized carbons (Fsp3) is 1.00. The molecule has 198 valence electrons. The monoisotopic (exact) mass is 498 g/mol. The smallest absolute Gasteiger partial charge is 0.265 e. The Hall–Kier alpha value is -0.170. The van der Waals surface area contributed by atoms with Crippen LogP contribution in [0.5, 0.6) is 0 Å². The average Bonchev–Trinajstić information content (AvgIpc) is 3.05. The summed E-state index contributed by atoms with van der Waals surface area (Å²) in [5.41, 5.74) is -0.358. The number of aliphatic hydroxyl groups excluding tert-OH is 1. The van der Waals surface area contributed by atoms with Crippen LogP contribution in [0.15, 0.2) is 0 Å². The fourth-order valence-corrected chi connectivity index (χ4v) is 11.5. The summed E-state index contributed by atoms with van der Waals surface area (Å²) >= 11 is 0. The Kier molecular flexibility index (Phi) is 7.11. The summed E-state index contributed by atoms with van der Waals surface area (Å²) in [5, 5.41) is 22.8. The van der Waals surface area contributed by atoms with E-state index in [9.17, 15) is 23.2 Å². The minimum absolute atomic E-state index is 0.0559. The number of hydrogen-bond acceptors (Lipinski definition) is 4. The minimum atomic E-state index is -3.94. The standard InChI is InChI=1S/C28H50O5S/c1-7-20-24-15-19(29)10-12-27(24,5)23-11-13-26(4)21(8-9-22(26)25(23)28(20,6)30)18(3)14-17(2)16-34(31,32)33/h17-25,29-30H,7-16H2,1-6H3,(H,31,32,33)/t17-,18-,19+,20+,21+,22?,23?,24-,25?,26+,27+,28-/m0/s1. The van der Waals surface area contributed by atoms with E-state index in [1.54, 1.807) is 0 Å². The van der Waals surface area contributed by atoms with E-state index >= 15 is 0 Å². The molecule has 0 radical (unpaired) electrons. The molecule has 0 aromatic rings. The molecule has 0 saturated heterocycles. The second-order valence-electron chi connectivity index (χ2n) is 13.8. The van der Waals surface area contributed by atoms with Crippen molar-refractivity contribution in [2.75, 3.05) is 5.75 Å². The molecule has 0 aliphatic heterocycles. The predicted molar refractivity (Wildman–Crippen MR) is 136 cm³/mol. The Morgan fingerprint density at radius 2 is 1.56 bits per heavy atom. The Morgan fingerprint density at radius 3 is 2.18 bits per heavy atom. The first-order chi connectivity index (χ1) is 15.6. The van der Waals surface area contributed by atoms with E-state index in [1.165, 1.54) is 6.42 Å². The van der Waals surface area contributed by atoms with Gasteiger partial charge in [-0.25, -0.2) is 0 Å². The summed E-state index contributed by atoms with van der Waals surface area (Å²) in [7, 11) is -3.94. The molecule has 4 saturated carbocycles. The van der Waals surface area contributed by atoms with Gasteiger partial charge in [0.15, 0.2) is 0 Å². The Morgan fingerprint density at radius 1 is 0.941 bits per heavy atom. The molecular weight excluding hydrogens is 448 g/mol. The molecule has 5 nitrogen and oxygen atoms in total. The van der Waals surface area contributed by atoms with Crippen LogP contribution in [-0.4, -0.2) is 40.6 Å². The Labute approximate surface area is 208 Å². The van der Waals surface area contributed by atoms with Gasteiger partial charge in [0, 0.05) is 0 Å². The quantitative estimate of drug-likeness (QED) is 0.417. The van der Waals surface area contributed by atoms with Crippen molar-refractivity contribution in [2.24, 2.45) is 58.2 Å². The van der Waals surface area contributed by atoms with E-state index in [2.05, 4.69) is 34.6 Å². The van der Waals surface area contributed by atoms with Crippen LogP contribution >= 0.6 is 0 Å². The third kappa shape index (κ3) is 4.31. The van der Waals surface area contributed by atoms with Gasteiger partial charge in [-0.3, -0.25) is 4.55 Å². The average molecular weight is 499 g/mol. The highest BCUT2D eigenvalue weighted by Gasteiger charge is 2.68. The maximum absolute atomic E-state index is 12.3. The van der Waals surface area contributed by atoms with Crippen molar-refractivity contribution in [3.8, 4) is 0 Å². The van der Waals surface area contributed by atoms with Crippen LogP contribution in [0.1, 0.15) is 99.3 Å². The van der Waals surface area contributed by atoms with Gasteiger partial charge in [0.25, 0.3) is 10.1 Å². The van der Waals surface area contributed by atoms with Gasteiger partial charge >= 0.3 is 0 Å². The van der Waals surface area contributed by atoms with Crippen LogP contribution in [0.25, 0.3) is 0 Å². The minimum Gasteiger partial charge on any atom is -0.393 e. The van der Waals surface area contributed by atoms with E-state index in [0.717, 1.165) is 51.4 Å². The summed E-state index contributed by atoms with van der Waals surface area (Å²) in [6.07, 6.45) is 8.97. The molecule has 4 fully saturated rings. The maximum Gasteiger partial charge on any atom is 0.265 e. The van der Waals surface area contributed by atoms with E-state index in [4.69, 9.17) is 0 Å². The highest BCUT2D eigenvalue weighted by molar-refractivity contribution is 7.85. The van der Waals surface area contributed by atoms with Crippen molar-refractivity contribution >= 4 is 10.1 Å². The van der Waals surface area contributed by atoms with Gasteiger partial charge in [0.2, 0.25) is 0 Å². The molecule has 0 amide bonds. The van der Waals surface area contributed by atoms with E-state index < -0.39 is 15.7 Å². The van der Waals surface area contributed by atoms with Crippen LogP contribution < -0.4 is 0 Å². The maximum atomic E-state index is 12.3. The van der Waals surface area contributed by atoms with Crippen LogP contribution in [0, 0.1) is 58.2 Å². The zero-order valence-corrected chi connectivity index (χ0v) is 23.2. The molecule has 0 spiro atoms. The highest BCUT2D eigenvalue weighted by Crippen LogP contribution is 2.71. The number of fused-ring (bicyclic) bond motifs is 5. The van der Waals surface area contributed by atoms with Crippen molar-refractivity contribution < 1.29 is 23.2 Å². The zero-order valence-electron chi connectivity index (χ0n) is 22.3. The Bertz CT molecular complexity index is 855. The molecular formula is C28H50O5S. The number of aliphatic hydroxyl groups is 2. The first kappa shape index (κ1) is 26.9. The van der Waals surface area contributed by atoms with Crippen LogP contribution in [0.2, 0.25) is 0 Å². The zero-order chi connectivity index (χ0) is 25.3. The lowest BCUT2D eigenvalue weighted by molar-refractivity contribution is -0.245. The molecule has 6 heteroatoms. The first-order valence-corrected chi connectivity index (χ1v) is 15.6. The summed E-state index contributed by atoms with van der Waals surface area (Å²) < 4.78 is 32.1. The predicted octanol–water partition coefficient (Wildman–Crippen LogP) is 5.55. The highest BCUT2D eigenvalue weighted by atomic mass is 32.2. The molecule has 34 heavy (non-hydrogen) atoms. The van der Waals surface area contributed by atoms with Crippen LogP contribution in [0.3, 0.4) is 0 Å². The van der Waals surface area contributed by atoms with Crippen molar-refractivity contribution in [1.82, 2.24) is 0 Å². The van der Waals surface area contributed by atoms with Crippen molar-refractivity contribution in [1.29, 1.82) is 0 Å². The topological polar surface area (TPSA) is 94.8 Å². The number of rotatable bonds is 6. The van der Waals surface area contributed by atoms with Gasteiger partial charge in [-0.1, -0.05) is 41.0 Å². The lowest BCUT2D eigenvalue weighted by Gasteiger charge is -2.68. The van der Waals surface area contributed by atoms with Crippen molar-refractivity contribution in [3.63, 3.8) is 0 Å². The van der Waals surface area contributed by atoms with Crippen LogP contribution in [0.4, 0.5) is 0 Å². The SMILES string of the molecule is CC[C@@H]1[C@@H]2C[C@H](O)CC[C@]2(C)C2CC[C@@]3(C)C(CC[C@@H]3[C@@H](C)C[C@H](C)CS(=O)(=O)O)C2[C@@]1(C)O. The third-order valence-electron chi connectivity index (χ3n) is 11.9. The third-order valence-corrected chi connectivity index (χ3v) is 12.9. The van der Waals surface area contributed by atoms with E-state index in [0.29, 0.717) is 35.5 Å². The molecule has 4 rings (SSSR count). The fourth-order valence-electron chi connectivity index (χ4n) is 10.7.